The van der Waals surface area contributed by atoms with Crippen LogP contribution in [0, 0.1) is 0 Å². The third-order valence-corrected chi connectivity index (χ3v) is 4.75. The van der Waals surface area contributed by atoms with Crippen molar-refractivity contribution in [2.75, 3.05) is 11.6 Å². The summed E-state index contributed by atoms with van der Waals surface area (Å²) in [7, 11) is -3.38. The number of halogens is 1. The number of anilines is 1. The van der Waals surface area contributed by atoms with Crippen LogP contribution in [0.4, 0.5) is 5.82 Å². The molecular weight excluding hydrogens is 368 g/mol. The predicted molar refractivity (Wildman–Crippen MR) is 92.4 cm³/mol. The zero-order valence-corrected chi connectivity index (χ0v) is 14.7. The van der Waals surface area contributed by atoms with Crippen molar-refractivity contribution in [3.63, 3.8) is 0 Å². The third kappa shape index (κ3) is 5.27. The maximum Gasteiger partial charge on any atom is 0.311 e. The van der Waals surface area contributed by atoms with Gasteiger partial charge in [-0.1, -0.05) is 23.7 Å². The van der Waals surface area contributed by atoms with E-state index in [2.05, 4.69) is 10.3 Å². The van der Waals surface area contributed by atoms with Gasteiger partial charge in [-0.3, -0.25) is 9.59 Å². The number of benzene rings is 1. The first kappa shape index (κ1) is 18.9. The van der Waals surface area contributed by atoms with E-state index >= 15 is 0 Å². The van der Waals surface area contributed by atoms with Gasteiger partial charge in [-0.05, 0) is 29.8 Å². The Morgan fingerprint density at radius 1 is 1.20 bits per heavy atom. The molecule has 0 aliphatic heterocycles. The van der Waals surface area contributed by atoms with Crippen molar-refractivity contribution >= 4 is 39.1 Å². The highest BCUT2D eigenvalue weighted by Gasteiger charge is 2.24. The molecule has 0 saturated carbocycles. The average Bonchev–Trinajstić information content (AvgIpc) is 2.54. The summed E-state index contributed by atoms with van der Waals surface area (Å²) < 4.78 is 22.9. The minimum atomic E-state index is -3.38. The van der Waals surface area contributed by atoms with Gasteiger partial charge >= 0.3 is 5.97 Å². The number of carboxylic acid groups (broad SMARTS) is 1. The Hall–Kier alpha value is -2.45. The Morgan fingerprint density at radius 3 is 2.32 bits per heavy atom. The summed E-state index contributed by atoms with van der Waals surface area (Å²) in [5.74, 6) is -2.58. The molecule has 0 radical (unpaired) electrons. The van der Waals surface area contributed by atoms with Crippen molar-refractivity contribution in [1.82, 2.24) is 4.98 Å². The quantitative estimate of drug-likeness (QED) is 0.792. The van der Waals surface area contributed by atoms with E-state index in [4.69, 9.17) is 11.6 Å². The second-order valence-corrected chi connectivity index (χ2v) is 7.80. The van der Waals surface area contributed by atoms with Crippen LogP contribution in [-0.4, -0.2) is 36.6 Å². The van der Waals surface area contributed by atoms with Crippen molar-refractivity contribution in [1.29, 1.82) is 0 Å². The van der Waals surface area contributed by atoms with Crippen LogP contribution >= 0.6 is 11.6 Å². The predicted octanol–water partition coefficient (Wildman–Crippen LogP) is 2.34. The lowest BCUT2D eigenvalue weighted by atomic mass is 9.95. The lowest BCUT2D eigenvalue weighted by molar-refractivity contribution is -0.140. The average molecular weight is 383 g/mol. The molecule has 132 valence electrons. The van der Waals surface area contributed by atoms with Crippen LogP contribution in [-0.2, 0) is 19.4 Å². The first-order valence-corrected chi connectivity index (χ1v) is 9.38. The number of hydrogen-bond acceptors (Lipinski definition) is 5. The fraction of sp³-hybridized carbons (Fsp3) is 0.188. The lowest BCUT2D eigenvalue weighted by Gasteiger charge is -2.13. The molecule has 2 rings (SSSR count). The number of sulfone groups is 1. The van der Waals surface area contributed by atoms with E-state index < -0.39 is 27.6 Å². The Balaban J connectivity index is 2.14. The summed E-state index contributed by atoms with van der Waals surface area (Å²) in [6, 6.07) is 8.46. The molecule has 1 amide bonds. The van der Waals surface area contributed by atoms with Crippen LogP contribution in [0.15, 0.2) is 47.5 Å². The molecule has 1 aromatic heterocycles. The SMILES string of the molecule is CS(=O)(=O)c1ccc(C(CC(=O)Nc2ccc(Cl)cn2)C(=O)O)cc1. The molecule has 2 aromatic rings. The molecule has 0 fully saturated rings. The molecule has 0 bridgehead atoms. The van der Waals surface area contributed by atoms with Crippen LogP contribution in [0.3, 0.4) is 0 Å². The van der Waals surface area contributed by atoms with Crippen LogP contribution in [0.2, 0.25) is 5.02 Å². The molecule has 1 heterocycles. The summed E-state index contributed by atoms with van der Waals surface area (Å²) >= 11 is 5.70. The van der Waals surface area contributed by atoms with Gasteiger partial charge in [-0.25, -0.2) is 13.4 Å². The summed E-state index contributed by atoms with van der Waals surface area (Å²) in [4.78, 5) is 27.5. The Bertz CT molecular complexity index is 880. The highest BCUT2D eigenvalue weighted by molar-refractivity contribution is 7.90. The van der Waals surface area contributed by atoms with Gasteiger partial charge in [-0.15, -0.1) is 0 Å². The van der Waals surface area contributed by atoms with E-state index in [-0.39, 0.29) is 17.1 Å². The van der Waals surface area contributed by atoms with E-state index in [9.17, 15) is 23.1 Å². The maximum atomic E-state index is 12.1. The molecule has 9 heteroatoms. The third-order valence-electron chi connectivity index (χ3n) is 3.39. The summed E-state index contributed by atoms with van der Waals surface area (Å²) in [5.41, 5.74) is 0.333. The smallest absolute Gasteiger partial charge is 0.311 e. The van der Waals surface area contributed by atoms with Gasteiger partial charge in [0.1, 0.15) is 5.82 Å². The molecule has 2 N–H and O–H groups in total. The number of carbonyl (C=O) groups is 2. The van der Waals surface area contributed by atoms with Crippen LogP contribution < -0.4 is 5.32 Å². The fourth-order valence-electron chi connectivity index (χ4n) is 2.12. The van der Waals surface area contributed by atoms with E-state index in [1.54, 1.807) is 6.07 Å². The highest BCUT2D eigenvalue weighted by Crippen LogP contribution is 2.23. The van der Waals surface area contributed by atoms with Crippen molar-refractivity contribution < 1.29 is 23.1 Å². The van der Waals surface area contributed by atoms with E-state index in [0.29, 0.717) is 10.6 Å². The molecular formula is C16H15ClN2O5S. The van der Waals surface area contributed by atoms with Crippen molar-refractivity contribution in [2.24, 2.45) is 0 Å². The molecule has 0 saturated heterocycles. The Morgan fingerprint density at radius 2 is 1.84 bits per heavy atom. The van der Waals surface area contributed by atoms with Gasteiger partial charge in [0.05, 0.1) is 15.8 Å². The number of nitrogens with zero attached hydrogens (tertiary/aromatic N) is 1. The molecule has 25 heavy (non-hydrogen) atoms. The van der Waals surface area contributed by atoms with E-state index in [1.807, 2.05) is 0 Å². The summed E-state index contributed by atoms with van der Waals surface area (Å²) in [6.07, 6.45) is 2.09. The number of carboxylic acids is 1. The van der Waals surface area contributed by atoms with Gasteiger partial charge < -0.3 is 10.4 Å². The topological polar surface area (TPSA) is 113 Å². The number of hydrogen-bond donors (Lipinski definition) is 2. The molecule has 1 unspecified atom stereocenters. The fourth-order valence-corrected chi connectivity index (χ4v) is 2.87. The Labute approximate surface area is 149 Å². The van der Waals surface area contributed by atoms with Gasteiger partial charge in [0.15, 0.2) is 9.84 Å². The number of rotatable bonds is 6. The number of pyridine rings is 1. The largest absolute Gasteiger partial charge is 0.481 e. The highest BCUT2D eigenvalue weighted by atomic mass is 35.5. The number of nitrogens with one attached hydrogen (secondary N) is 1. The van der Waals surface area contributed by atoms with Gasteiger partial charge in [0.25, 0.3) is 0 Å². The van der Waals surface area contributed by atoms with Gasteiger partial charge in [-0.2, -0.15) is 0 Å². The number of carbonyl (C=O) groups excluding carboxylic acids is 1. The number of aromatic nitrogens is 1. The minimum Gasteiger partial charge on any atom is -0.481 e. The van der Waals surface area contributed by atoms with Crippen molar-refractivity contribution in [3.8, 4) is 0 Å². The first-order valence-electron chi connectivity index (χ1n) is 7.11. The standard InChI is InChI=1S/C16H15ClN2O5S/c1-25(23,24)12-5-2-10(3-6-12)13(16(21)22)8-15(20)19-14-7-4-11(17)9-18-14/h2-7,9,13H,8H2,1H3,(H,21,22)(H,18,19,20). The zero-order valence-electron chi connectivity index (χ0n) is 13.1. The maximum absolute atomic E-state index is 12.1. The Kier molecular flexibility index (Phi) is 5.76. The molecule has 1 atom stereocenters. The van der Waals surface area contributed by atoms with E-state index in [1.165, 1.54) is 36.5 Å². The van der Waals surface area contributed by atoms with Crippen molar-refractivity contribution in [3.05, 3.63) is 53.2 Å². The monoisotopic (exact) mass is 382 g/mol. The zero-order chi connectivity index (χ0) is 18.6. The molecule has 1 aromatic carbocycles. The molecule has 7 nitrogen and oxygen atoms in total. The normalized spacial score (nSPS) is 12.4. The summed E-state index contributed by atoms with van der Waals surface area (Å²) in [6.45, 7) is 0. The second kappa shape index (κ2) is 7.62. The molecule has 0 aliphatic rings. The van der Waals surface area contributed by atoms with Crippen LogP contribution in [0.1, 0.15) is 17.9 Å². The number of amides is 1. The minimum absolute atomic E-state index is 0.0789. The first-order chi connectivity index (χ1) is 11.7. The van der Waals surface area contributed by atoms with Crippen molar-refractivity contribution in [2.45, 2.75) is 17.2 Å². The van der Waals surface area contributed by atoms with E-state index in [0.717, 1.165) is 6.26 Å². The van der Waals surface area contributed by atoms with Gasteiger partial charge in [0, 0.05) is 18.9 Å². The summed E-state index contributed by atoms with van der Waals surface area (Å²) in [5, 5.41) is 12.3. The van der Waals surface area contributed by atoms with Crippen LogP contribution in [0.25, 0.3) is 0 Å². The second-order valence-electron chi connectivity index (χ2n) is 5.35. The number of aliphatic carboxylic acids is 1. The lowest BCUT2D eigenvalue weighted by Crippen LogP contribution is -2.21. The molecule has 0 spiro atoms. The van der Waals surface area contributed by atoms with Gasteiger partial charge in [0.2, 0.25) is 5.91 Å². The van der Waals surface area contributed by atoms with Crippen LogP contribution in [0.5, 0.6) is 0 Å². The molecule has 0 aliphatic carbocycles.